The number of hydrogen-bond donors (Lipinski definition) is 1. The topological polar surface area (TPSA) is 71.6 Å². The summed E-state index contributed by atoms with van der Waals surface area (Å²) >= 11 is 0. The van der Waals surface area contributed by atoms with Crippen LogP contribution in [0.2, 0.25) is 0 Å². The van der Waals surface area contributed by atoms with Gasteiger partial charge in [-0.1, -0.05) is 12.1 Å². The molecular weight excluding hydrogens is 255 g/mol. The van der Waals surface area contributed by atoms with Crippen molar-refractivity contribution in [3.05, 3.63) is 29.3 Å². The van der Waals surface area contributed by atoms with Crippen LogP contribution in [0.4, 0.5) is 0 Å². The van der Waals surface area contributed by atoms with E-state index in [-0.39, 0.29) is 24.4 Å². The Morgan fingerprint density at radius 2 is 1.83 bits per heavy atom. The van der Waals surface area contributed by atoms with Crippen molar-refractivity contribution in [2.45, 2.75) is 38.3 Å². The molecule has 18 heavy (non-hydrogen) atoms. The van der Waals surface area contributed by atoms with Crippen molar-refractivity contribution in [3.63, 3.8) is 0 Å². The molecule has 0 aromatic heterocycles. The number of epoxide rings is 2. The second-order valence-electron chi connectivity index (χ2n) is 4.61. The monoisotopic (exact) mass is 269 g/mol. The van der Waals surface area contributed by atoms with Crippen LogP contribution in [-0.2, 0) is 14.0 Å². The van der Waals surface area contributed by atoms with E-state index in [2.05, 4.69) is 0 Å². The maximum atomic E-state index is 10.9. The lowest BCUT2D eigenvalue weighted by molar-refractivity contribution is 0.365. The molecule has 1 aromatic rings. The summed E-state index contributed by atoms with van der Waals surface area (Å²) in [5.74, 6) is 0.410. The van der Waals surface area contributed by atoms with E-state index in [1.54, 1.807) is 12.1 Å². The molecule has 1 aromatic carbocycles. The van der Waals surface area contributed by atoms with Crippen LogP contribution < -0.4 is 4.52 Å². The van der Waals surface area contributed by atoms with Crippen LogP contribution >= 0.6 is 8.25 Å². The van der Waals surface area contributed by atoms with Crippen molar-refractivity contribution in [3.8, 4) is 5.75 Å². The molecule has 2 heterocycles. The minimum absolute atomic E-state index is 0.0384. The van der Waals surface area contributed by atoms with Gasteiger partial charge >= 0.3 is 8.25 Å². The van der Waals surface area contributed by atoms with E-state index in [0.29, 0.717) is 5.75 Å². The third-order valence-corrected chi connectivity index (χ3v) is 3.64. The molecule has 5 nitrogen and oxygen atoms in total. The molecule has 2 aliphatic rings. The molecule has 5 atom stereocenters. The molecule has 0 saturated carbocycles. The molecule has 6 heteroatoms. The van der Waals surface area contributed by atoms with E-state index in [9.17, 15) is 4.57 Å². The molecule has 0 radical (unpaired) electrons. The summed E-state index contributed by atoms with van der Waals surface area (Å²) in [6.45, 7) is 3.95. The molecule has 0 amide bonds. The maximum Gasteiger partial charge on any atom is 0.747 e. The van der Waals surface area contributed by atoms with Crippen LogP contribution in [0.25, 0.3) is 0 Å². The van der Waals surface area contributed by atoms with E-state index in [4.69, 9.17) is 18.9 Å². The van der Waals surface area contributed by atoms with Gasteiger partial charge < -0.3 is 9.47 Å². The Balaban J connectivity index is 2.00. The van der Waals surface area contributed by atoms with E-state index in [1.165, 1.54) is 0 Å². The molecule has 1 N–H and O–H groups in total. The smallest absolute Gasteiger partial charge is 0.365 e. The van der Waals surface area contributed by atoms with Crippen LogP contribution in [0.1, 0.15) is 37.2 Å². The third-order valence-electron chi connectivity index (χ3n) is 3.29. The number of benzene rings is 1. The van der Waals surface area contributed by atoms with E-state index < -0.39 is 8.25 Å². The molecule has 2 fully saturated rings. The molecule has 0 spiro atoms. The maximum absolute atomic E-state index is 10.9. The molecule has 5 unspecified atom stereocenters. The largest absolute Gasteiger partial charge is 0.747 e. The van der Waals surface area contributed by atoms with E-state index in [0.717, 1.165) is 11.1 Å². The first kappa shape index (κ1) is 12.1. The minimum Gasteiger partial charge on any atom is -0.365 e. The first-order valence-corrected chi connectivity index (χ1v) is 6.99. The standard InChI is InChI=1S/C12H13O5P/c1-6-11(15-6)8-4-3-5-9(17-18(13)14)10(8)12-7(2)16-12/h3-7,11-12H,1-2H3/p+1. The molecule has 2 saturated heterocycles. The first-order chi connectivity index (χ1) is 8.58. The Labute approximate surface area is 106 Å². The highest BCUT2D eigenvalue weighted by molar-refractivity contribution is 7.32. The lowest BCUT2D eigenvalue weighted by Crippen LogP contribution is -1.98. The van der Waals surface area contributed by atoms with Crippen LogP contribution in [0.3, 0.4) is 0 Å². The summed E-state index contributed by atoms with van der Waals surface area (Å²) in [7, 11) is -2.67. The lowest BCUT2D eigenvalue weighted by atomic mass is 9.98. The number of hydrogen-bond acceptors (Lipinski definition) is 4. The summed E-state index contributed by atoms with van der Waals surface area (Å²) in [6, 6.07) is 5.44. The van der Waals surface area contributed by atoms with Crippen molar-refractivity contribution < 1.29 is 23.5 Å². The van der Waals surface area contributed by atoms with Gasteiger partial charge in [-0.25, -0.2) is 4.52 Å². The lowest BCUT2D eigenvalue weighted by Gasteiger charge is -2.07. The average Bonchev–Trinajstić information content (AvgIpc) is 3.17. The summed E-state index contributed by atoms with van der Waals surface area (Å²) in [5, 5.41) is 0. The molecule has 96 valence electrons. The van der Waals surface area contributed by atoms with Crippen LogP contribution in [0.5, 0.6) is 5.75 Å². The molecular formula is C12H14O5P+. The highest BCUT2D eigenvalue weighted by atomic mass is 31.1. The van der Waals surface area contributed by atoms with Gasteiger partial charge in [0.2, 0.25) is 0 Å². The SMILES string of the molecule is CC1OC1c1cccc(O[P+](=O)O)c1C1OC1C. The zero-order valence-corrected chi connectivity index (χ0v) is 11.0. The Hall–Kier alpha value is -1.00. The van der Waals surface area contributed by atoms with Crippen molar-refractivity contribution in [1.82, 2.24) is 0 Å². The molecule has 0 aliphatic carbocycles. The Bertz CT molecular complexity index is 503. The fourth-order valence-corrected chi connectivity index (χ4v) is 2.61. The third kappa shape index (κ3) is 2.15. The zero-order chi connectivity index (χ0) is 12.9. The van der Waals surface area contributed by atoms with Gasteiger partial charge in [0.05, 0.1) is 12.2 Å². The Morgan fingerprint density at radius 1 is 1.22 bits per heavy atom. The van der Waals surface area contributed by atoms with Gasteiger partial charge in [-0.05, 0) is 25.5 Å². The van der Waals surface area contributed by atoms with Gasteiger partial charge in [-0.3, -0.25) is 0 Å². The van der Waals surface area contributed by atoms with Gasteiger partial charge in [0.1, 0.15) is 12.2 Å². The normalized spacial score (nSPS) is 34.1. The van der Waals surface area contributed by atoms with Gasteiger partial charge in [-0.15, -0.1) is 4.89 Å². The minimum atomic E-state index is -2.67. The summed E-state index contributed by atoms with van der Waals surface area (Å²) < 4.78 is 26.8. The van der Waals surface area contributed by atoms with Gasteiger partial charge in [0.15, 0.2) is 5.75 Å². The molecule has 3 rings (SSSR count). The quantitative estimate of drug-likeness (QED) is 0.672. The fraction of sp³-hybridized carbons (Fsp3) is 0.500. The van der Waals surface area contributed by atoms with Crippen molar-refractivity contribution in [2.75, 3.05) is 0 Å². The average molecular weight is 269 g/mol. The van der Waals surface area contributed by atoms with Crippen molar-refractivity contribution >= 4 is 8.25 Å². The van der Waals surface area contributed by atoms with Gasteiger partial charge in [-0.2, -0.15) is 0 Å². The van der Waals surface area contributed by atoms with Crippen molar-refractivity contribution in [1.29, 1.82) is 0 Å². The Kier molecular flexibility index (Phi) is 2.87. The number of rotatable bonds is 4. The van der Waals surface area contributed by atoms with Gasteiger partial charge in [0, 0.05) is 10.1 Å². The molecule has 2 aliphatic heterocycles. The van der Waals surface area contributed by atoms with E-state index >= 15 is 0 Å². The predicted octanol–water partition coefficient (Wildman–Crippen LogP) is 2.63. The second kappa shape index (κ2) is 4.28. The van der Waals surface area contributed by atoms with E-state index in [1.807, 2.05) is 19.9 Å². The number of ether oxygens (including phenoxy) is 2. The van der Waals surface area contributed by atoms with Crippen LogP contribution in [-0.4, -0.2) is 17.1 Å². The highest BCUT2D eigenvalue weighted by Crippen LogP contribution is 2.51. The Morgan fingerprint density at radius 3 is 2.33 bits per heavy atom. The summed E-state index contributed by atoms with van der Waals surface area (Å²) in [5.41, 5.74) is 1.84. The van der Waals surface area contributed by atoms with Crippen molar-refractivity contribution in [2.24, 2.45) is 0 Å². The van der Waals surface area contributed by atoms with Crippen LogP contribution in [0, 0.1) is 0 Å². The first-order valence-electron chi connectivity index (χ1n) is 5.85. The highest BCUT2D eigenvalue weighted by Gasteiger charge is 2.46. The fourth-order valence-electron chi connectivity index (χ4n) is 2.28. The summed E-state index contributed by atoms with van der Waals surface area (Å²) in [6.07, 6.45) is 0.258. The second-order valence-corrected chi connectivity index (χ2v) is 5.27. The zero-order valence-electron chi connectivity index (χ0n) is 10.1. The predicted molar refractivity (Wildman–Crippen MR) is 63.5 cm³/mol. The molecule has 0 bridgehead atoms. The summed E-state index contributed by atoms with van der Waals surface area (Å²) in [4.78, 5) is 8.91. The van der Waals surface area contributed by atoms with Crippen LogP contribution in [0.15, 0.2) is 18.2 Å². The van der Waals surface area contributed by atoms with Gasteiger partial charge in [0.25, 0.3) is 0 Å².